The van der Waals surface area contributed by atoms with E-state index in [9.17, 15) is 9.59 Å². The Hall–Kier alpha value is -3.48. The van der Waals surface area contributed by atoms with Crippen molar-refractivity contribution in [3.8, 4) is 11.4 Å². The van der Waals surface area contributed by atoms with Crippen LogP contribution < -0.4 is 5.32 Å². The zero-order valence-corrected chi connectivity index (χ0v) is 17.8. The van der Waals surface area contributed by atoms with E-state index in [0.29, 0.717) is 30.4 Å². The van der Waals surface area contributed by atoms with E-state index in [2.05, 4.69) is 15.5 Å². The van der Waals surface area contributed by atoms with Crippen molar-refractivity contribution in [1.29, 1.82) is 0 Å². The SMILES string of the molecule is CCC(=O)Nc1cccc(-c2noc(C3CCCN(C(=O)c4ccccc4C)C3)n2)c1. The molecule has 31 heavy (non-hydrogen) atoms. The summed E-state index contributed by atoms with van der Waals surface area (Å²) in [5, 5.41) is 6.98. The number of carbonyl (C=O) groups excluding carboxylic acids is 2. The van der Waals surface area contributed by atoms with Crippen molar-refractivity contribution in [2.45, 2.75) is 39.0 Å². The van der Waals surface area contributed by atoms with Crippen molar-refractivity contribution in [3.05, 3.63) is 65.5 Å². The lowest BCUT2D eigenvalue weighted by molar-refractivity contribution is -0.115. The van der Waals surface area contributed by atoms with E-state index in [0.717, 1.165) is 36.1 Å². The van der Waals surface area contributed by atoms with Gasteiger partial charge in [-0.2, -0.15) is 4.98 Å². The number of aromatic nitrogens is 2. The number of anilines is 1. The molecule has 1 aliphatic rings. The van der Waals surface area contributed by atoms with E-state index in [-0.39, 0.29) is 17.7 Å². The average molecular weight is 418 g/mol. The van der Waals surface area contributed by atoms with Crippen molar-refractivity contribution in [1.82, 2.24) is 15.0 Å². The molecule has 1 unspecified atom stereocenters. The van der Waals surface area contributed by atoms with Gasteiger partial charge in [0.25, 0.3) is 5.91 Å². The van der Waals surface area contributed by atoms with Crippen LogP contribution in [0.2, 0.25) is 0 Å². The van der Waals surface area contributed by atoms with Gasteiger partial charge in [-0.05, 0) is 43.5 Å². The highest BCUT2D eigenvalue weighted by molar-refractivity contribution is 5.95. The number of hydrogen-bond acceptors (Lipinski definition) is 5. The largest absolute Gasteiger partial charge is 0.339 e. The first-order valence-electron chi connectivity index (χ1n) is 10.6. The molecule has 1 aromatic heterocycles. The Labute approximate surface area is 181 Å². The van der Waals surface area contributed by atoms with Crippen LogP contribution in [0.5, 0.6) is 0 Å². The maximum Gasteiger partial charge on any atom is 0.254 e. The van der Waals surface area contributed by atoms with E-state index in [1.54, 1.807) is 0 Å². The lowest BCUT2D eigenvalue weighted by Crippen LogP contribution is -2.39. The number of carbonyl (C=O) groups is 2. The second-order valence-electron chi connectivity index (χ2n) is 7.84. The van der Waals surface area contributed by atoms with Gasteiger partial charge in [0, 0.05) is 36.3 Å². The van der Waals surface area contributed by atoms with Gasteiger partial charge in [-0.25, -0.2) is 0 Å². The van der Waals surface area contributed by atoms with Gasteiger partial charge in [0.2, 0.25) is 17.6 Å². The second kappa shape index (κ2) is 9.12. The number of nitrogens with zero attached hydrogens (tertiary/aromatic N) is 3. The number of amides is 2. The molecule has 7 heteroatoms. The van der Waals surface area contributed by atoms with Gasteiger partial charge in [-0.3, -0.25) is 9.59 Å². The number of hydrogen-bond donors (Lipinski definition) is 1. The van der Waals surface area contributed by atoms with Crippen LogP contribution in [0.15, 0.2) is 53.1 Å². The third-order valence-electron chi connectivity index (χ3n) is 5.60. The zero-order valence-electron chi connectivity index (χ0n) is 17.8. The van der Waals surface area contributed by atoms with Gasteiger partial charge in [-0.15, -0.1) is 0 Å². The summed E-state index contributed by atoms with van der Waals surface area (Å²) in [6, 6.07) is 15.0. The zero-order chi connectivity index (χ0) is 21.8. The summed E-state index contributed by atoms with van der Waals surface area (Å²) in [6.07, 6.45) is 2.19. The number of aryl methyl sites for hydroxylation is 1. The Balaban J connectivity index is 1.49. The number of nitrogens with one attached hydrogen (secondary N) is 1. The number of rotatable bonds is 5. The van der Waals surface area contributed by atoms with Gasteiger partial charge in [0.15, 0.2) is 0 Å². The van der Waals surface area contributed by atoms with E-state index in [1.807, 2.05) is 67.3 Å². The lowest BCUT2D eigenvalue weighted by Gasteiger charge is -2.31. The Bertz CT molecular complexity index is 1090. The molecule has 0 aliphatic carbocycles. The minimum absolute atomic E-state index is 0.00550. The molecule has 0 radical (unpaired) electrons. The van der Waals surface area contributed by atoms with E-state index in [1.165, 1.54) is 0 Å². The first-order chi connectivity index (χ1) is 15.0. The number of benzene rings is 2. The fraction of sp³-hybridized carbons (Fsp3) is 0.333. The van der Waals surface area contributed by atoms with Crippen LogP contribution in [0.3, 0.4) is 0 Å². The quantitative estimate of drug-likeness (QED) is 0.663. The van der Waals surface area contributed by atoms with Gasteiger partial charge in [-0.1, -0.05) is 42.4 Å². The van der Waals surface area contributed by atoms with Gasteiger partial charge >= 0.3 is 0 Å². The number of likely N-dealkylation sites (tertiary alicyclic amines) is 1. The van der Waals surface area contributed by atoms with E-state index in [4.69, 9.17) is 4.52 Å². The monoisotopic (exact) mass is 418 g/mol. The fourth-order valence-corrected chi connectivity index (χ4v) is 3.85. The molecule has 1 atom stereocenters. The minimum Gasteiger partial charge on any atom is -0.339 e. The molecule has 2 aromatic carbocycles. The molecule has 3 aromatic rings. The Morgan fingerprint density at radius 2 is 2.03 bits per heavy atom. The van der Waals surface area contributed by atoms with E-state index >= 15 is 0 Å². The third kappa shape index (κ3) is 4.66. The molecule has 2 amide bonds. The fourth-order valence-electron chi connectivity index (χ4n) is 3.85. The standard InChI is InChI=1S/C24H26N4O3/c1-3-21(29)25-19-11-6-9-17(14-19)22-26-23(31-27-22)18-10-7-13-28(15-18)24(30)20-12-5-4-8-16(20)2/h4-6,8-9,11-12,14,18H,3,7,10,13,15H2,1-2H3,(H,25,29). The van der Waals surface area contributed by atoms with Crippen LogP contribution in [0.1, 0.15) is 53.9 Å². The normalized spacial score (nSPS) is 16.2. The summed E-state index contributed by atoms with van der Waals surface area (Å²) >= 11 is 0. The minimum atomic E-state index is -0.0495. The molecule has 0 saturated carbocycles. The maximum atomic E-state index is 13.0. The molecule has 0 spiro atoms. The number of piperidine rings is 1. The van der Waals surface area contributed by atoms with Crippen LogP contribution in [-0.2, 0) is 4.79 Å². The molecule has 4 rings (SSSR count). The smallest absolute Gasteiger partial charge is 0.254 e. The molecule has 1 fully saturated rings. The van der Waals surface area contributed by atoms with Crippen LogP contribution >= 0.6 is 0 Å². The predicted molar refractivity (Wildman–Crippen MR) is 118 cm³/mol. The van der Waals surface area contributed by atoms with Crippen molar-refractivity contribution in [2.75, 3.05) is 18.4 Å². The van der Waals surface area contributed by atoms with Crippen LogP contribution in [0, 0.1) is 6.92 Å². The first kappa shape index (κ1) is 20.8. The first-order valence-corrected chi connectivity index (χ1v) is 10.6. The third-order valence-corrected chi connectivity index (χ3v) is 5.60. The van der Waals surface area contributed by atoms with Crippen LogP contribution in [-0.4, -0.2) is 39.9 Å². The summed E-state index contributed by atoms with van der Waals surface area (Å²) in [7, 11) is 0. The van der Waals surface area contributed by atoms with Gasteiger partial charge < -0.3 is 14.7 Å². The molecular weight excluding hydrogens is 392 g/mol. The molecular formula is C24H26N4O3. The second-order valence-corrected chi connectivity index (χ2v) is 7.84. The molecule has 1 N–H and O–H groups in total. The molecule has 7 nitrogen and oxygen atoms in total. The van der Waals surface area contributed by atoms with Gasteiger partial charge in [0.05, 0.1) is 5.92 Å². The summed E-state index contributed by atoms with van der Waals surface area (Å²) in [5.74, 6) is 1.02. The highest BCUT2D eigenvalue weighted by Gasteiger charge is 2.29. The Morgan fingerprint density at radius 1 is 1.19 bits per heavy atom. The maximum absolute atomic E-state index is 13.0. The van der Waals surface area contributed by atoms with Crippen molar-refractivity contribution in [2.24, 2.45) is 0 Å². The highest BCUT2D eigenvalue weighted by Crippen LogP contribution is 2.29. The van der Waals surface area contributed by atoms with Crippen LogP contribution in [0.4, 0.5) is 5.69 Å². The average Bonchev–Trinajstić information content (AvgIpc) is 3.30. The molecule has 1 aliphatic heterocycles. The highest BCUT2D eigenvalue weighted by atomic mass is 16.5. The lowest BCUT2D eigenvalue weighted by atomic mass is 9.96. The molecule has 0 bridgehead atoms. The van der Waals surface area contributed by atoms with Crippen molar-refractivity contribution in [3.63, 3.8) is 0 Å². The van der Waals surface area contributed by atoms with Crippen molar-refractivity contribution >= 4 is 17.5 Å². The topological polar surface area (TPSA) is 88.3 Å². The van der Waals surface area contributed by atoms with Crippen LogP contribution in [0.25, 0.3) is 11.4 Å². The molecule has 1 saturated heterocycles. The molecule has 2 heterocycles. The molecule has 160 valence electrons. The summed E-state index contributed by atoms with van der Waals surface area (Å²) < 4.78 is 5.57. The van der Waals surface area contributed by atoms with E-state index < -0.39 is 0 Å². The Morgan fingerprint density at radius 3 is 2.84 bits per heavy atom. The van der Waals surface area contributed by atoms with Crippen molar-refractivity contribution < 1.29 is 14.1 Å². The Kier molecular flexibility index (Phi) is 6.11. The van der Waals surface area contributed by atoms with Gasteiger partial charge in [0.1, 0.15) is 0 Å². The predicted octanol–water partition coefficient (Wildman–Crippen LogP) is 4.41. The summed E-state index contributed by atoms with van der Waals surface area (Å²) in [4.78, 5) is 31.1. The summed E-state index contributed by atoms with van der Waals surface area (Å²) in [6.45, 7) is 5.04. The summed E-state index contributed by atoms with van der Waals surface area (Å²) in [5.41, 5.74) is 3.18.